The summed E-state index contributed by atoms with van der Waals surface area (Å²) in [6, 6.07) is 27.5. The van der Waals surface area contributed by atoms with Gasteiger partial charge in [-0.1, -0.05) is 97.1 Å². The molecule has 0 aliphatic carbocycles. The minimum atomic E-state index is -1.20. The Balaban J connectivity index is 1.31. The fourth-order valence-corrected chi connectivity index (χ4v) is 5.19. The van der Waals surface area contributed by atoms with Gasteiger partial charge >= 0.3 is 0 Å². The van der Waals surface area contributed by atoms with Crippen LogP contribution in [-0.4, -0.2) is 63.4 Å². The van der Waals surface area contributed by atoms with E-state index in [0.29, 0.717) is 13.1 Å². The van der Waals surface area contributed by atoms with Gasteiger partial charge in [0.1, 0.15) is 12.1 Å². The van der Waals surface area contributed by atoms with E-state index in [1.165, 1.54) is 17.5 Å². The van der Waals surface area contributed by atoms with Crippen LogP contribution in [0.4, 0.5) is 5.82 Å². The predicted octanol–water partition coefficient (Wildman–Crippen LogP) is 4.17. The van der Waals surface area contributed by atoms with Crippen molar-refractivity contribution in [2.75, 3.05) is 25.0 Å². The largest absolute Gasteiger partial charge is 0.374 e. The van der Waals surface area contributed by atoms with E-state index in [2.05, 4.69) is 33.8 Å². The number of amides is 3. The van der Waals surface area contributed by atoms with Gasteiger partial charge in [0, 0.05) is 19.3 Å². The monoisotopic (exact) mass is 620 g/mol. The Morgan fingerprint density at radius 1 is 0.957 bits per heavy atom. The van der Waals surface area contributed by atoms with Crippen molar-refractivity contribution < 1.29 is 19.1 Å². The molecule has 0 saturated heterocycles. The van der Waals surface area contributed by atoms with Gasteiger partial charge in [0.05, 0.1) is 25.1 Å². The number of carbonyl (C=O) groups excluding carboxylic acids is 3. The van der Waals surface area contributed by atoms with Gasteiger partial charge in [-0.25, -0.2) is 4.98 Å². The van der Waals surface area contributed by atoms with Crippen molar-refractivity contribution in [1.29, 1.82) is 0 Å². The summed E-state index contributed by atoms with van der Waals surface area (Å²) in [5, 5.41) is 5.47. The van der Waals surface area contributed by atoms with Crippen LogP contribution in [0.5, 0.6) is 0 Å². The lowest BCUT2D eigenvalue weighted by Gasteiger charge is -2.31. The highest BCUT2D eigenvalue weighted by molar-refractivity contribution is 5.98. The average Bonchev–Trinajstić information content (AvgIpc) is 3.52. The molecule has 4 N–H and O–H groups in total. The Bertz CT molecular complexity index is 1650. The summed E-state index contributed by atoms with van der Waals surface area (Å²) in [6.45, 7) is 4.38. The SMILES string of the molecule is CC(C)(N)C(=O)N[C@H](COCc1ccccc1)C(=O)Nc1cn(C(C(=O)N2CC=C(c3ccccc3)CC2)c2ccccc2)cn1. The molecule has 1 unspecified atom stereocenters. The maximum Gasteiger partial charge on any atom is 0.250 e. The molecule has 3 aromatic carbocycles. The van der Waals surface area contributed by atoms with E-state index in [9.17, 15) is 14.4 Å². The molecule has 238 valence electrons. The van der Waals surface area contributed by atoms with Crippen LogP contribution in [-0.2, 0) is 25.7 Å². The van der Waals surface area contributed by atoms with Crippen molar-refractivity contribution in [1.82, 2.24) is 19.8 Å². The number of carbonyl (C=O) groups is 3. The zero-order chi connectivity index (χ0) is 32.5. The van der Waals surface area contributed by atoms with Gasteiger partial charge in [0.2, 0.25) is 5.91 Å². The molecular weight excluding hydrogens is 580 g/mol. The summed E-state index contributed by atoms with van der Waals surface area (Å²) in [7, 11) is 0. The van der Waals surface area contributed by atoms with Crippen LogP contribution in [0.25, 0.3) is 5.57 Å². The summed E-state index contributed by atoms with van der Waals surface area (Å²) in [4.78, 5) is 46.4. The molecule has 0 saturated carbocycles. The summed E-state index contributed by atoms with van der Waals surface area (Å²) >= 11 is 0. The molecule has 0 radical (unpaired) electrons. The van der Waals surface area contributed by atoms with E-state index in [-0.39, 0.29) is 24.9 Å². The number of ether oxygens (including phenoxy) is 1. The standard InChI is InChI=1S/C36H40N6O4/c1-36(2,37)35(45)39-30(24-46-23-26-12-6-3-7-13-26)33(43)40-31-22-42(25-38-31)32(29-16-10-5-11-17-29)34(44)41-20-18-28(19-21-41)27-14-8-4-9-15-27/h3-18,22,25,30,32H,19-21,23-24,37H2,1-2H3,(H,39,45)(H,40,43)/t30-,32?/m1/s1. The number of nitrogens with one attached hydrogen (secondary N) is 2. The Morgan fingerprint density at radius 3 is 2.24 bits per heavy atom. The molecule has 4 aromatic rings. The lowest BCUT2D eigenvalue weighted by molar-refractivity contribution is -0.133. The van der Waals surface area contributed by atoms with E-state index in [0.717, 1.165) is 17.5 Å². The molecule has 46 heavy (non-hydrogen) atoms. The van der Waals surface area contributed by atoms with Crippen molar-refractivity contribution in [3.63, 3.8) is 0 Å². The number of nitrogens with two attached hydrogens (primary N) is 1. The minimum Gasteiger partial charge on any atom is -0.374 e. The molecule has 10 heteroatoms. The molecule has 2 heterocycles. The highest BCUT2D eigenvalue weighted by Gasteiger charge is 2.31. The van der Waals surface area contributed by atoms with Crippen LogP contribution in [0.3, 0.4) is 0 Å². The second-order valence-electron chi connectivity index (χ2n) is 11.9. The summed E-state index contributed by atoms with van der Waals surface area (Å²) in [6.07, 6.45) is 6.01. The molecule has 1 aromatic heterocycles. The van der Waals surface area contributed by atoms with E-state index < -0.39 is 29.4 Å². The third kappa shape index (κ3) is 8.35. The van der Waals surface area contributed by atoms with Crippen LogP contribution in [0.2, 0.25) is 0 Å². The Morgan fingerprint density at radius 2 is 1.61 bits per heavy atom. The third-order valence-corrected chi connectivity index (χ3v) is 7.77. The van der Waals surface area contributed by atoms with Crippen molar-refractivity contribution in [2.45, 2.75) is 44.5 Å². The first-order valence-corrected chi connectivity index (χ1v) is 15.3. The number of nitrogens with zero attached hydrogens (tertiary/aromatic N) is 3. The molecule has 0 bridgehead atoms. The van der Waals surface area contributed by atoms with Crippen LogP contribution >= 0.6 is 0 Å². The molecule has 3 amide bonds. The number of hydrogen-bond acceptors (Lipinski definition) is 6. The number of rotatable bonds is 12. The van der Waals surface area contributed by atoms with Crippen LogP contribution in [0.1, 0.15) is 43.0 Å². The van der Waals surface area contributed by atoms with E-state index >= 15 is 0 Å². The van der Waals surface area contributed by atoms with Gasteiger partial charge in [-0.05, 0) is 42.5 Å². The van der Waals surface area contributed by atoms with Crippen molar-refractivity contribution in [2.24, 2.45) is 5.73 Å². The van der Waals surface area contributed by atoms with Gasteiger partial charge in [0.25, 0.3) is 11.8 Å². The first-order valence-electron chi connectivity index (χ1n) is 15.3. The minimum absolute atomic E-state index is 0.0746. The van der Waals surface area contributed by atoms with E-state index in [1.54, 1.807) is 24.6 Å². The zero-order valence-electron chi connectivity index (χ0n) is 26.1. The lowest BCUT2D eigenvalue weighted by Crippen LogP contribution is -2.56. The van der Waals surface area contributed by atoms with Gasteiger partial charge in [0.15, 0.2) is 5.82 Å². The quantitative estimate of drug-likeness (QED) is 0.218. The molecule has 1 aliphatic rings. The number of imidazole rings is 1. The van der Waals surface area contributed by atoms with Crippen LogP contribution in [0, 0.1) is 0 Å². The number of aromatic nitrogens is 2. The van der Waals surface area contributed by atoms with Crippen molar-refractivity contribution in [3.05, 3.63) is 126 Å². The number of hydrogen-bond donors (Lipinski definition) is 3. The van der Waals surface area contributed by atoms with Crippen molar-refractivity contribution >= 4 is 29.1 Å². The lowest BCUT2D eigenvalue weighted by atomic mass is 9.98. The summed E-state index contributed by atoms with van der Waals surface area (Å²) in [5.41, 5.74) is 8.90. The molecule has 10 nitrogen and oxygen atoms in total. The summed E-state index contributed by atoms with van der Waals surface area (Å²) < 4.78 is 7.49. The summed E-state index contributed by atoms with van der Waals surface area (Å²) in [5.74, 6) is -0.859. The van der Waals surface area contributed by atoms with Gasteiger partial charge < -0.3 is 30.6 Å². The zero-order valence-corrected chi connectivity index (χ0v) is 26.1. The topological polar surface area (TPSA) is 132 Å². The Kier molecular flexibility index (Phi) is 10.4. The maximum absolute atomic E-state index is 14.0. The first kappa shape index (κ1) is 32.3. The molecule has 5 rings (SSSR count). The van der Waals surface area contributed by atoms with E-state index in [4.69, 9.17) is 10.5 Å². The molecule has 0 spiro atoms. The number of benzene rings is 3. The number of anilines is 1. The highest BCUT2D eigenvalue weighted by atomic mass is 16.5. The van der Waals surface area contributed by atoms with Gasteiger partial charge in [-0.15, -0.1) is 0 Å². The van der Waals surface area contributed by atoms with Gasteiger partial charge in [-0.3, -0.25) is 14.4 Å². The van der Waals surface area contributed by atoms with E-state index in [1.807, 2.05) is 83.8 Å². The fourth-order valence-electron chi connectivity index (χ4n) is 5.19. The Labute approximate surface area is 269 Å². The molecule has 1 aliphatic heterocycles. The van der Waals surface area contributed by atoms with Crippen molar-refractivity contribution in [3.8, 4) is 0 Å². The van der Waals surface area contributed by atoms with Crippen LogP contribution in [0.15, 0.2) is 110 Å². The van der Waals surface area contributed by atoms with Gasteiger partial charge in [-0.2, -0.15) is 0 Å². The second kappa shape index (κ2) is 14.8. The average molecular weight is 621 g/mol. The smallest absolute Gasteiger partial charge is 0.250 e. The fraction of sp³-hybridized carbons (Fsp3) is 0.278. The normalized spacial score (nSPS) is 14.6. The molecule has 0 fully saturated rings. The molecular formula is C36H40N6O4. The molecule has 2 atom stereocenters. The highest BCUT2D eigenvalue weighted by Crippen LogP contribution is 2.27. The second-order valence-corrected chi connectivity index (χ2v) is 11.9. The van der Waals surface area contributed by atoms with Crippen LogP contribution < -0.4 is 16.4 Å². The third-order valence-electron chi connectivity index (χ3n) is 7.77. The first-order chi connectivity index (χ1) is 22.2. The predicted molar refractivity (Wildman–Crippen MR) is 177 cm³/mol. The maximum atomic E-state index is 14.0. The Hall–Kier alpha value is -5.06.